The summed E-state index contributed by atoms with van der Waals surface area (Å²) in [5, 5.41) is 0. The van der Waals surface area contributed by atoms with Crippen LogP contribution < -0.4 is 10.5 Å². The van der Waals surface area contributed by atoms with Gasteiger partial charge in [0, 0.05) is 12.2 Å². The third-order valence-corrected chi connectivity index (χ3v) is 2.34. The van der Waals surface area contributed by atoms with Crippen LogP contribution in [0.1, 0.15) is 24.2 Å². The molecule has 1 amide bonds. The highest BCUT2D eigenvalue weighted by Crippen LogP contribution is 2.13. The molecule has 0 heterocycles. The van der Waals surface area contributed by atoms with Crippen molar-refractivity contribution in [3.8, 4) is 5.75 Å². The maximum Gasteiger partial charge on any atom is 0.248 e. The number of amides is 1. The van der Waals surface area contributed by atoms with Crippen LogP contribution in [0.3, 0.4) is 0 Å². The van der Waals surface area contributed by atoms with Gasteiger partial charge in [-0.3, -0.25) is 9.59 Å². The molecular weight excluding hydrogens is 234 g/mol. The molecule has 5 nitrogen and oxygen atoms in total. The van der Waals surface area contributed by atoms with Gasteiger partial charge in [-0.05, 0) is 32.0 Å². The van der Waals surface area contributed by atoms with Crippen LogP contribution in [0, 0.1) is 0 Å². The topological polar surface area (TPSA) is 78.6 Å². The van der Waals surface area contributed by atoms with Crippen LogP contribution in [0.15, 0.2) is 24.3 Å². The number of rotatable bonds is 7. The van der Waals surface area contributed by atoms with E-state index < -0.39 is 12.0 Å². The molecule has 0 aliphatic rings. The van der Waals surface area contributed by atoms with Gasteiger partial charge < -0.3 is 15.2 Å². The van der Waals surface area contributed by atoms with Gasteiger partial charge in [0.05, 0.1) is 0 Å². The zero-order valence-electron chi connectivity index (χ0n) is 10.5. The molecule has 1 unspecified atom stereocenters. The fourth-order valence-electron chi connectivity index (χ4n) is 1.40. The first-order chi connectivity index (χ1) is 8.54. The summed E-state index contributed by atoms with van der Waals surface area (Å²) in [7, 11) is 0. The van der Waals surface area contributed by atoms with E-state index >= 15 is 0 Å². The molecule has 0 saturated heterocycles. The highest BCUT2D eigenvalue weighted by Gasteiger charge is 2.15. The number of nitrogens with two attached hydrogens (primary N) is 1. The Morgan fingerprint density at radius 3 is 2.67 bits per heavy atom. The van der Waals surface area contributed by atoms with Crippen molar-refractivity contribution >= 4 is 11.7 Å². The Morgan fingerprint density at radius 2 is 2.11 bits per heavy atom. The van der Waals surface area contributed by atoms with E-state index in [0.717, 1.165) is 0 Å². The van der Waals surface area contributed by atoms with E-state index in [2.05, 4.69) is 0 Å². The van der Waals surface area contributed by atoms with E-state index in [1.54, 1.807) is 18.2 Å². The van der Waals surface area contributed by atoms with Gasteiger partial charge in [-0.1, -0.05) is 6.07 Å². The Bertz CT molecular complexity index is 431. The summed E-state index contributed by atoms with van der Waals surface area (Å²) in [6.07, 6.45) is -0.591. The van der Waals surface area contributed by atoms with Gasteiger partial charge in [0.1, 0.15) is 18.5 Å². The van der Waals surface area contributed by atoms with Crippen LogP contribution in [0.4, 0.5) is 0 Å². The Kier molecular flexibility index (Phi) is 5.32. The van der Waals surface area contributed by atoms with Crippen molar-refractivity contribution in [2.45, 2.75) is 20.0 Å². The summed E-state index contributed by atoms with van der Waals surface area (Å²) in [6, 6.07) is 6.49. The van der Waals surface area contributed by atoms with E-state index in [4.69, 9.17) is 15.2 Å². The molecule has 2 N–H and O–H groups in total. The van der Waals surface area contributed by atoms with Crippen LogP contribution in [-0.4, -0.2) is 31.0 Å². The van der Waals surface area contributed by atoms with E-state index in [1.807, 2.05) is 6.92 Å². The third-order valence-electron chi connectivity index (χ3n) is 2.34. The molecule has 1 atom stereocenters. The average molecular weight is 251 g/mol. The summed E-state index contributed by atoms with van der Waals surface area (Å²) in [5.41, 5.74) is 5.53. The Morgan fingerprint density at radius 1 is 1.39 bits per heavy atom. The minimum atomic E-state index is -0.591. The zero-order valence-corrected chi connectivity index (χ0v) is 10.5. The van der Waals surface area contributed by atoms with Gasteiger partial charge >= 0.3 is 0 Å². The van der Waals surface area contributed by atoms with Gasteiger partial charge in [0.25, 0.3) is 0 Å². The quantitative estimate of drug-likeness (QED) is 0.788. The lowest BCUT2D eigenvalue weighted by Gasteiger charge is -2.15. The number of primary amides is 1. The second-order valence-electron chi connectivity index (χ2n) is 3.76. The summed E-state index contributed by atoms with van der Waals surface area (Å²) in [6.45, 7) is 3.81. The summed E-state index contributed by atoms with van der Waals surface area (Å²) < 4.78 is 10.7. The van der Waals surface area contributed by atoms with Gasteiger partial charge in [-0.2, -0.15) is 0 Å². The van der Waals surface area contributed by atoms with Crippen molar-refractivity contribution < 1.29 is 19.1 Å². The van der Waals surface area contributed by atoms with Crippen LogP contribution in [0.5, 0.6) is 5.75 Å². The molecule has 0 aliphatic heterocycles. The highest BCUT2D eigenvalue weighted by atomic mass is 16.5. The second kappa shape index (κ2) is 6.76. The molecular formula is C13H17NO4. The molecule has 0 bridgehead atoms. The molecule has 98 valence electrons. The second-order valence-corrected chi connectivity index (χ2v) is 3.76. The first-order valence-corrected chi connectivity index (χ1v) is 5.69. The maximum absolute atomic E-state index is 11.3. The van der Waals surface area contributed by atoms with Gasteiger partial charge in [-0.15, -0.1) is 0 Å². The van der Waals surface area contributed by atoms with Crippen molar-refractivity contribution in [3.05, 3.63) is 29.8 Å². The SMILES string of the molecule is CCOC(COc1cccc(C(N)=O)c1)C(C)=O. The van der Waals surface area contributed by atoms with Crippen molar-refractivity contribution in [1.29, 1.82) is 0 Å². The smallest absolute Gasteiger partial charge is 0.248 e. The molecule has 0 fully saturated rings. The fraction of sp³-hybridized carbons (Fsp3) is 0.385. The molecule has 1 rings (SSSR count). The molecule has 5 heteroatoms. The van der Waals surface area contributed by atoms with E-state index in [1.165, 1.54) is 13.0 Å². The number of carbonyl (C=O) groups excluding carboxylic acids is 2. The van der Waals surface area contributed by atoms with Crippen LogP contribution in [0.2, 0.25) is 0 Å². The van der Waals surface area contributed by atoms with Crippen LogP contribution >= 0.6 is 0 Å². The fourth-order valence-corrected chi connectivity index (χ4v) is 1.40. The maximum atomic E-state index is 11.3. The van der Waals surface area contributed by atoms with E-state index in [-0.39, 0.29) is 12.4 Å². The first kappa shape index (κ1) is 14.2. The standard InChI is InChI=1S/C13H17NO4/c1-3-17-12(9(2)15)8-18-11-6-4-5-10(7-11)13(14)16/h4-7,12H,3,8H2,1-2H3,(H2,14,16). The van der Waals surface area contributed by atoms with Gasteiger partial charge in [0.2, 0.25) is 5.91 Å². The van der Waals surface area contributed by atoms with E-state index in [0.29, 0.717) is 17.9 Å². The Hall–Kier alpha value is -1.88. The minimum Gasteiger partial charge on any atom is -0.490 e. The molecule has 1 aromatic carbocycles. The number of carbonyl (C=O) groups is 2. The highest BCUT2D eigenvalue weighted by molar-refractivity contribution is 5.93. The predicted molar refractivity (Wildman–Crippen MR) is 66.5 cm³/mol. The number of ketones is 1. The number of hydrogen-bond acceptors (Lipinski definition) is 4. The third kappa shape index (κ3) is 4.18. The average Bonchev–Trinajstić information content (AvgIpc) is 2.34. The van der Waals surface area contributed by atoms with Gasteiger partial charge in [-0.25, -0.2) is 0 Å². The van der Waals surface area contributed by atoms with Crippen molar-refractivity contribution in [3.63, 3.8) is 0 Å². The molecule has 0 saturated carbocycles. The first-order valence-electron chi connectivity index (χ1n) is 5.69. The van der Waals surface area contributed by atoms with Crippen LogP contribution in [0.25, 0.3) is 0 Å². The molecule has 0 spiro atoms. The molecule has 0 aromatic heterocycles. The number of benzene rings is 1. The molecule has 18 heavy (non-hydrogen) atoms. The molecule has 0 radical (unpaired) electrons. The van der Waals surface area contributed by atoms with Gasteiger partial charge in [0.15, 0.2) is 5.78 Å². The van der Waals surface area contributed by atoms with Crippen molar-refractivity contribution in [2.24, 2.45) is 5.73 Å². The monoisotopic (exact) mass is 251 g/mol. The van der Waals surface area contributed by atoms with Crippen molar-refractivity contribution in [2.75, 3.05) is 13.2 Å². The largest absolute Gasteiger partial charge is 0.490 e. The number of ether oxygens (including phenoxy) is 2. The summed E-state index contributed by atoms with van der Waals surface area (Å²) in [5.74, 6) is -0.131. The Balaban J connectivity index is 2.64. The van der Waals surface area contributed by atoms with Crippen LogP contribution in [-0.2, 0) is 9.53 Å². The zero-order chi connectivity index (χ0) is 13.5. The molecule has 1 aromatic rings. The lowest BCUT2D eigenvalue weighted by molar-refractivity contribution is -0.129. The van der Waals surface area contributed by atoms with Crippen molar-refractivity contribution in [1.82, 2.24) is 0 Å². The lowest BCUT2D eigenvalue weighted by Crippen LogP contribution is -2.29. The predicted octanol–water partition coefficient (Wildman–Crippen LogP) is 1.16. The summed E-state index contributed by atoms with van der Waals surface area (Å²) >= 11 is 0. The Labute approximate surface area is 106 Å². The summed E-state index contributed by atoms with van der Waals surface area (Å²) in [4.78, 5) is 22.2. The normalized spacial score (nSPS) is 11.9. The molecule has 0 aliphatic carbocycles. The number of Topliss-reactive ketones (excluding diaryl/α,β-unsaturated/α-hetero) is 1. The minimum absolute atomic E-state index is 0.0945. The lowest BCUT2D eigenvalue weighted by atomic mass is 10.2. The van der Waals surface area contributed by atoms with E-state index in [9.17, 15) is 9.59 Å². The number of hydrogen-bond donors (Lipinski definition) is 1.